The minimum atomic E-state index is -0.252. The summed E-state index contributed by atoms with van der Waals surface area (Å²) in [6.07, 6.45) is 3.59. The van der Waals surface area contributed by atoms with Crippen LogP contribution in [0.5, 0.6) is 0 Å². The maximum atomic E-state index is 6.47. The Hall–Kier alpha value is -2.20. The highest BCUT2D eigenvalue weighted by molar-refractivity contribution is 5.75. The molecule has 3 rings (SSSR count). The van der Waals surface area contributed by atoms with Gasteiger partial charge in [0.1, 0.15) is 11.3 Å². The standard InChI is InChI=1S/C17H20N4/c1-17(2,3)21-14-9-10-19-11-13(14)20-16(21)15(18)12-7-5-4-6-8-12/h4-11,15H,18H2,1-3H3. The van der Waals surface area contributed by atoms with Crippen LogP contribution in [0.2, 0.25) is 0 Å². The van der Waals surface area contributed by atoms with Gasteiger partial charge >= 0.3 is 0 Å². The second-order valence-corrected chi connectivity index (χ2v) is 6.23. The highest BCUT2D eigenvalue weighted by atomic mass is 15.2. The Morgan fingerprint density at radius 1 is 1.10 bits per heavy atom. The van der Waals surface area contributed by atoms with E-state index in [4.69, 9.17) is 10.7 Å². The van der Waals surface area contributed by atoms with Crippen LogP contribution in [-0.4, -0.2) is 14.5 Å². The van der Waals surface area contributed by atoms with Gasteiger partial charge in [-0.1, -0.05) is 30.3 Å². The first kappa shape index (κ1) is 13.8. The number of nitrogens with two attached hydrogens (primary N) is 1. The van der Waals surface area contributed by atoms with Crippen LogP contribution in [0.3, 0.4) is 0 Å². The molecule has 4 heteroatoms. The zero-order valence-corrected chi connectivity index (χ0v) is 12.6. The first-order chi connectivity index (χ1) is 9.98. The van der Waals surface area contributed by atoms with Gasteiger partial charge < -0.3 is 10.3 Å². The monoisotopic (exact) mass is 280 g/mol. The molecule has 3 aromatic rings. The number of imidazole rings is 1. The fourth-order valence-corrected chi connectivity index (χ4v) is 2.67. The summed E-state index contributed by atoms with van der Waals surface area (Å²) in [7, 11) is 0. The van der Waals surface area contributed by atoms with Gasteiger partial charge in [-0.15, -0.1) is 0 Å². The van der Waals surface area contributed by atoms with Gasteiger partial charge in [0.15, 0.2) is 0 Å². The minimum absolute atomic E-state index is 0.0994. The van der Waals surface area contributed by atoms with Crippen LogP contribution in [0.25, 0.3) is 11.0 Å². The molecule has 0 spiro atoms. The average molecular weight is 280 g/mol. The molecule has 1 atom stereocenters. The van der Waals surface area contributed by atoms with Crippen molar-refractivity contribution in [2.24, 2.45) is 5.73 Å². The Morgan fingerprint density at radius 3 is 2.48 bits per heavy atom. The van der Waals surface area contributed by atoms with Gasteiger partial charge in [0, 0.05) is 11.7 Å². The number of pyridine rings is 1. The Balaban J connectivity index is 2.23. The third-order valence-corrected chi connectivity index (χ3v) is 3.59. The zero-order chi connectivity index (χ0) is 15.0. The van der Waals surface area contributed by atoms with Crippen molar-refractivity contribution in [2.75, 3.05) is 0 Å². The predicted molar refractivity (Wildman–Crippen MR) is 85.0 cm³/mol. The molecule has 2 heterocycles. The van der Waals surface area contributed by atoms with Crippen LogP contribution >= 0.6 is 0 Å². The molecule has 4 nitrogen and oxygen atoms in total. The van der Waals surface area contributed by atoms with E-state index < -0.39 is 0 Å². The number of nitrogens with zero attached hydrogens (tertiary/aromatic N) is 3. The Kier molecular flexibility index (Phi) is 3.26. The topological polar surface area (TPSA) is 56.7 Å². The van der Waals surface area contributed by atoms with Gasteiger partial charge in [-0.05, 0) is 32.4 Å². The van der Waals surface area contributed by atoms with Crippen molar-refractivity contribution in [3.63, 3.8) is 0 Å². The normalized spacial score (nSPS) is 13.5. The van der Waals surface area contributed by atoms with E-state index in [-0.39, 0.29) is 11.6 Å². The molecule has 1 aromatic carbocycles. The van der Waals surface area contributed by atoms with E-state index in [1.165, 1.54) is 0 Å². The fraction of sp³-hybridized carbons (Fsp3) is 0.294. The smallest absolute Gasteiger partial charge is 0.132 e. The van der Waals surface area contributed by atoms with E-state index in [1.54, 1.807) is 12.4 Å². The van der Waals surface area contributed by atoms with E-state index in [2.05, 4.69) is 30.3 Å². The van der Waals surface area contributed by atoms with Crippen molar-refractivity contribution < 1.29 is 0 Å². The molecular formula is C17H20N4. The van der Waals surface area contributed by atoms with E-state index in [0.717, 1.165) is 22.4 Å². The quantitative estimate of drug-likeness (QED) is 0.784. The Bertz CT molecular complexity index is 753. The number of benzene rings is 1. The molecule has 1 unspecified atom stereocenters. The number of hydrogen-bond acceptors (Lipinski definition) is 3. The van der Waals surface area contributed by atoms with Gasteiger partial charge in [0.25, 0.3) is 0 Å². The zero-order valence-electron chi connectivity index (χ0n) is 12.6. The number of aromatic nitrogens is 3. The molecule has 0 saturated heterocycles. The molecule has 0 aliphatic carbocycles. The van der Waals surface area contributed by atoms with E-state index >= 15 is 0 Å². The van der Waals surface area contributed by atoms with Crippen LogP contribution < -0.4 is 5.73 Å². The number of rotatable bonds is 2. The summed E-state index contributed by atoms with van der Waals surface area (Å²) in [6.45, 7) is 6.49. The molecule has 2 aromatic heterocycles. The molecule has 0 radical (unpaired) electrons. The lowest BCUT2D eigenvalue weighted by Gasteiger charge is -2.26. The highest BCUT2D eigenvalue weighted by Crippen LogP contribution is 2.29. The molecule has 0 saturated carbocycles. The number of hydrogen-bond donors (Lipinski definition) is 1. The van der Waals surface area contributed by atoms with Gasteiger partial charge in [-0.2, -0.15) is 0 Å². The van der Waals surface area contributed by atoms with Crippen molar-refractivity contribution in [1.29, 1.82) is 0 Å². The van der Waals surface area contributed by atoms with Crippen molar-refractivity contribution in [2.45, 2.75) is 32.4 Å². The summed E-state index contributed by atoms with van der Waals surface area (Å²) in [5, 5.41) is 0. The number of fused-ring (bicyclic) bond motifs is 1. The maximum Gasteiger partial charge on any atom is 0.132 e. The van der Waals surface area contributed by atoms with Crippen LogP contribution in [0.15, 0.2) is 48.8 Å². The van der Waals surface area contributed by atoms with E-state index in [9.17, 15) is 0 Å². The van der Waals surface area contributed by atoms with Gasteiger partial charge in [0.05, 0.1) is 17.8 Å². The van der Waals surface area contributed by atoms with E-state index in [1.807, 2.05) is 36.4 Å². The molecule has 2 N–H and O–H groups in total. The van der Waals surface area contributed by atoms with Crippen molar-refractivity contribution in [3.8, 4) is 0 Å². The van der Waals surface area contributed by atoms with Gasteiger partial charge in [-0.3, -0.25) is 4.98 Å². The molecule has 21 heavy (non-hydrogen) atoms. The van der Waals surface area contributed by atoms with Crippen LogP contribution in [-0.2, 0) is 5.54 Å². The third-order valence-electron chi connectivity index (χ3n) is 3.59. The summed E-state index contributed by atoms with van der Waals surface area (Å²) in [5.74, 6) is 0.872. The van der Waals surface area contributed by atoms with Crippen molar-refractivity contribution >= 4 is 11.0 Å². The molecule has 0 aliphatic rings. The largest absolute Gasteiger partial charge is 0.321 e. The Labute approximate surface area is 124 Å². The third kappa shape index (κ3) is 2.43. The lowest BCUT2D eigenvalue weighted by Crippen LogP contribution is -2.28. The minimum Gasteiger partial charge on any atom is -0.321 e. The highest BCUT2D eigenvalue weighted by Gasteiger charge is 2.25. The molecule has 0 bridgehead atoms. The Morgan fingerprint density at radius 2 is 1.81 bits per heavy atom. The van der Waals surface area contributed by atoms with Crippen molar-refractivity contribution in [1.82, 2.24) is 14.5 Å². The van der Waals surface area contributed by atoms with Crippen LogP contribution in [0.1, 0.15) is 38.2 Å². The molecule has 0 fully saturated rings. The second-order valence-electron chi connectivity index (χ2n) is 6.23. The lowest BCUT2D eigenvalue weighted by atomic mass is 10.0. The second kappa shape index (κ2) is 4.97. The first-order valence-corrected chi connectivity index (χ1v) is 7.12. The molecule has 0 aliphatic heterocycles. The maximum absolute atomic E-state index is 6.47. The summed E-state index contributed by atoms with van der Waals surface area (Å²) < 4.78 is 2.21. The predicted octanol–water partition coefficient (Wildman–Crippen LogP) is 3.23. The molecule has 108 valence electrons. The summed E-state index contributed by atoms with van der Waals surface area (Å²) in [4.78, 5) is 8.90. The van der Waals surface area contributed by atoms with Gasteiger partial charge in [-0.25, -0.2) is 4.98 Å². The van der Waals surface area contributed by atoms with Gasteiger partial charge in [0.2, 0.25) is 0 Å². The molecule has 0 amide bonds. The average Bonchev–Trinajstić information content (AvgIpc) is 2.86. The first-order valence-electron chi connectivity index (χ1n) is 7.12. The van der Waals surface area contributed by atoms with Crippen LogP contribution in [0, 0.1) is 0 Å². The van der Waals surface area contributed by atoms with Crippen LogP contribution in [0.4, 0.5) is 0 Å². The SMILES string of the molecule is CC(C)(C)n1c(C(N)c2ccccc2)nc2cnccc21. The summed E-state index contributed by atoms with van der Waals surface area (Å²) in [6, 6.07) is 11.8. The summed E-state index contributed by atoms with van der Waals surface area (Å²) in [5.41, 5.74) is 9.39. The van der Waals surface area contributed by atoms with Crippen molar-refractivity contribution in [3.05, 3.63) is 60.2 Å². The lowest BCUT2D eigenvalue weighted by molar-refractivity contribution is 0.389. The molecular weight excluding hydrogens is 260 g/mol. The fourth-order valence-electron chi connectivity index (χ4n) is 2.67. The van der Waals surface area contributed by atoms with E-state index in [0.29, 0.717) is 0 Å². The summed E-state index contributed by atoms with van der Waals surface area (Å²) >= 11 is 0.